The lowest BCUT2D eigenvalue weighted by Gasteiger charge is -2.07. The maximum Gasteiger partial charge on any atom is 0.307 e. The van der Waals surface area contributed by atoms with Gasteiger partial charge in [-0.25, -0.2) is 0 Å². The van der Waals surface area contributed by atoms with Crippen molar-refractivity contribution in [1.82, 2.24) is 0 Å². The summed E-state index contributed by atoms with van der Waals surface area (Å²) in [5, 5.41) is 0. The Bertz CT molecular complexity index is 306. The summed E-state index contributed by atoms with van der Waals surface area (Å²) < 4.78 is 10.1. The van der Waals surface area contributed by atoms with E-state index in [0.717, 1.165) is 5.76 Å². The zero-order valence-electron chi connectivity index (χ0n) is 8.45. The highest BCUT2D eigenvalue weighted by molar-refractivity contribution is 5.70. The second-order valence-corrected chi connectivity index (χ2v) is 3.06. The van der Waals surface area contributed by atoms with Gasteiger partial charge in [-0.3, -0.25) is 4.79 Å². The van der Waals surface area contributed by atoms with Crippen LogP contribution in [0.15, 0.2) is 16.5 Å². The molecule has 0 aromatic carbocycles. The molecule has 0 unspecified atom stereocenters. The molecule has 0 aliphatic rings. The second kappa shape index (κ2) is 4.81. The quantitative estimate of drug-likeness (QED) is 0.743. The fourth-order valence-electron chi connectivity index (χ4n) is 1.15. The van der Waals surface area contributed by atoms with Crippen LogP contribution in [-0.4, -0.2) is 12.6 Å². The van der Waals surface area contributed by atoms with Crippen LogP contribution in [0.2, 0.25) is 0 Å². The largest absolute Gasteiger partial charge is 0.466 e. The molecule has 1 aromatic rings. The molecule has 78 valence electrons. The SMILES string of the molecule is CCOC(=O)C[C@H](N)c1ccc(C)o1. The Morgan fingerprint density at radius 1 is 1.64 bits per heavy atom. The van der Waals surface area contributed by atoms with Crippen LogP contribution in [0, 0.1) is 6.92 Å². The number of carbonyl (C=O) groups excluding carboxylic acids is 1. The van der Waals surface area contributed by atoms with E-state index in [-0.39, 0.29) is 12.4 Å². The van der Waals surface area contributed by atoms with Gasteiger partial charge in [0, 0.05) is 0 Å². The second-order valence-electron chi connectivity index (χ2n) is 3.06. The lowest BCUT2D eigenvalue weighted by Crippen LogP contribution is -2.16. The van der Waals surface area contributed by atoms with E-state index >= 15 is 0 Å². The van der Waals surface area contributed by atoms with Crippen molar-refractivity contribution in [3.8, 4) is 0 Å². The highest BCUT2D eigenvalue weighted by Gasteiger charge is 2.15. The Labute approximate surface area is 83.0 Å². The first-order valence-corrected chi connectivity index (χ1v) is 4.61. The van der Waals surface area contributed by atoms with Crippen molar-refractivity contribution in [2.75, 3.05) is 6.61 Å². The fourth-order valence-corrected chi connectivity index (χ4v) is 1.15. The topological polar surface area (TPSA) is 65.5 Å². The lowest BCUT2D eigenvalue weighted by atomic mass is 10.2. The minimum absolute atomic E-state index is 0.154. The summed E-state index contributed by atoms with van der Waals surface area (Å²) in [4.78, 5) is 11.1. The highest BCUT2D eigenvalue weighted by Crippen LogP contribution is 2.17. The van der Waals surface area contributed by atoms with Crippen LogP contribution < -0.4 is 5.73 Å². The molecule has 0 saturated heterocycles. The summed E-state index contributed by atoms with van der Waals surface area (Å²) in [6.45, 7) is 3.98. The van der Waals surface area contributed by atoms with Gasteiger partial charge in [0.05, 0.1) is 19.1 Å². The number of aryl methyl sites for hydroxylation is 1. The molecule has 14 heavy (non-hydrogen) atoms. The third-order valence-electron chi connectivity index (χ3n) is 1.82. The Morgan fingerprint density at radius 2 is 2.36 bits per heavy atom. The normalized spacial score (nSPS) is 12.5. The molecular weight excluding hydrogens is 182 g/mol. The maximum absolute atomic E-state index is 11.1. The number of esters is 1. The van der Waals surface area contributed by atoms with Crippen molar-refractivity contribution in [2.45, 2.75) is 26.3 Å². The number of hydrogen-bond donors (Lipinski definition) is 1. The maximum atomic E-state index is 11.1. The van der Waals surface area contributed by atoms with E-state index in [1.54, 1.807) is 13.0 Å². The van der Waals surface area contributed by atoms with Gasteiger partial charge in [0.25, 0.3) is 0 Å². The van der Waals surface area contributed by atoms with Crippen molar-refractivity contribution in [3.05, 3.63) is 23.7 Å². The van der Waals surface area contributed by atoms with Gasteiger partial charge in [0.2, 0.25) is 0 Å². The van der Waals surface area contributed by atoms with Gasteiger partial charge in [-0.2, -0.15) is 0 Å². The van der Waals surface area contributed by atoms with Gasteiger partial charge in [-0.15, -0.1) is 0 Å². The van der Waals surface area contributed by atoms with Crippen molar-refractivity contribution < 1.29 is 13.9 Å². The molecule has 0 aliphatic heterocycles. The van der Waals surface area contributed by atoms with Crippen LogP contribution >= 0.6 is 0 Å². The van der Waals surface area contributed by atoms with Crippen molar-refractivity contribution in [3.63, 3.8) is 0 Å². The Morgan fingerprint density at radius 3 is 2.86 bits per heavy atom. The van der Waals surface area contributed by atoms with E-state index in [0.29, 0.717) is 12.4 Å². The molecule has 1 atom stereocenters. The average molecular weight is 197 g/mol. The van der Waals surface area contributed by atoms with Gasteiger partial charge in [-0.05, 0) is 26.0 Å². The fraction of sp³-hybridized carbons (Fsp3) is 0.500. The van der Waals surface area contributed by atoms with E-state index in [9.17, 15) is 4.79 Å². The third kappa shape index (κ3) is 2.88. The monoisotopic (exact) mass is 197 g/mol. The van der Waals surface area contributed by atoms with Crippen LogP contribution in [-0.2, 0) is 9.53 Å². The molecule has 1 aromatic heterocycles. The Kier molecular flexibility index (Phi) is 3.71. The Balaban J connectivity index is 2.50. The molecule has 1 rings (SSSR count). The molecule has 4 heteroatoms. The van der Waals surface area contributed by atoms with Crippen molar-refractivity contribution in [1.29, 1.82) is 0 Å². The summed E-state index contributed by atoms with van der Waals surface area (Å²) in [5.74, 6) is 1.11. The number of carbonyl (C=O) groups is 1. The molecule has 0 saturated carbocycles. The van der Waals surface area contributed by atoms with E-state index in [1.807, 2.05) is 13.0 Å². The zero-order valence-corrected chi connectivity index (χ0v) is 8.45. The number of hydrogen-bond acceptors (Lipinski definition) is 4. The van der Waals surface area contributed by atoms with E-state index in [4.69, 9.17) is 14.9 Å². The molecule has 2 N–H and O–H groups in total. The van der Waals surface area contributed by atoms with Crippen LogP contribution in [0.25, 0.3) is 0 Å². The summed E-state index contributed by atoms with van der Waals surface area (Å²) in [5.41, 5.74) is 5.74. The molecular formula is C10H15NO3. The molecule has 0 aliphatic carbocycles. The Hall–Kier alpha value is -1.29. The smallest absolute Gasteiger partial charge is 0.307 e. The molecule has 0 amide bonds. The summed E-state index contributed by atoms with van der Waals surface area (Å²) in [6, 6.07) is 3.18. The van der Waals surface area contributed by atoms with Gasteiger partial charge in [0.15, 0.2) is 0 Å². The number of furan rings is 1. The van der Waals surface area contributed by atoms with Gasteiger partial charge in [-0.1, -0.05) is 0 Å². The first-order chi connectivity index (χ1) is 6.63. The predicted octanol–water partition coefficient (Wildman–Crippen LogP) is 1.54. The molecule has 4 nitrogen and oxygen atoms in total. The molecule has 0 bridgehead atoms. The number of ether oxygens (including phenoxy) is 1. The van der Waals surface area contributed by atoms with E-state index < -0.39 is 6.04 Å². The predicted molar refractivity (Wildman–Crippen MR) is 51.6 cm³/mol. The van der Waals surface area contributed by atoms with Crippen LogP contribution in [0.1, 0.15) is 30.9 Å². The summed E-state index contributed by atoms with van der Waals surface area (Å²) in [6.07, 6.45) is 0.154. The minimum atomic E-state index is -0.414. The van der Waals surface area contributed by atoms with Crippen molar-refractivity contribution in [2.24, 2.45) is 5.73 Å². The van der Waals surface area contributed by atoms with Gasteiger partial charge < -0.3 is 14.9 Å². The number of nitrogens with two attached hydrogens (primary N) is 1. The molecule has 0 spiro atoms. The molecule has 0 radical (unpaired) electrons. The lowest BCUT2D eigenvalue weighted by molar-refractivity contribution is -0.143. The van der Waals surface area contributed by atoms with Gasteiger partial charge in [0.1, 0.15) is 11.5 Å². The summed E-state index contributed by atoms with van der Waals surface area (Å²) in [7, 11) is 0. The van der Waals surface area contributed by atoms with Crippen LogP contribution in [0.3, 0.4) is 0 Å². The molecule has 0 fully saturated rings. The van der Waals surface area contributed by atoms with Crippen molar-refractivity contribution >= 4 is 5.97 Å². The van der Waals surface area contributed by atoms with Crippen LogP contribution in [0.4, 0.5) is 0 Å². The first kappa shape index (κ1) is 10.8. The summed E-state index contributed by atoms with van der Waals surface area (Å²) >= 11 is 0. The van der Waals surface area contributed by atoms with E-state index in [1.165, 1.54) is 0 Å². The standard InChI is InChI=1S/C10H15NO3/c1-3-13-10(12)6-8(11)9-5-4-7(2)14-9/h4-5,8H,3,6,11H2,1-2H3/t8-/m0/s1. The zero-order chi connectivity index (χ0) is 10.6. The minimum Gasteiger partial charge on any atom is -0.466 e. The highest BCUT2D eigenvalue weighted by atomic mass is 16.5. The first-order valence-electron chi connectivity index (χ1n) is 4.61. The molecule has 1 heterocycles. The number of rotatable bonds is 4. The third-order valence-corrected chi connectivity index (χ3v) is 1.82. The van der Waals surface area contributed by atoms with Gasteiger partial charge >= 0.3 is 5.97 Å². The average Bonchev–Trinajstić information content (AvgIpc) is 2.52. The van der Waals surface area contributed by atoms with E-state index in [2.05, 4.69) is 0 Å². The van der Waals surface area contributed by atoms with Crippen LogP contribution in [0.5, 0.6) is 0 Å².